The van der Waals surface area contributed by atoms with E-state index in [-0.39, 0.29) is 5.91 Å². The van der Waals surface area contributed by atoms with Crippen molar-refractivity contribution in [2.24, 2.45) is 0 Å². The Labute approximate surface area is 105 Å². The molecule has 17 heavy (non-hydrogen) atoms. The molecule has 0 bridgehead atoms. The van der Waals surface area contributed by atoms with Crippen LogP contribution < -0.4 is 5.32 Å². The Kier molecular flexibility index (Phi) is 6.52. The maximum absolute atomic E-state index is 11.3. The topological polar surface area (TPSA) is 35.6 Å². The van der Waals surface area contributed by atoms with Crippen LogP contribution in [0.4, 0.5) is 0 Å². The first kappa shape index (κ1) is 14.5. The molecule has 1 fully saturated rings. The monoisotopic (exact) mass is 241 g/mol. The van der Waals surface area contributed by atoms with Crippen LogP contribution in [-0.4, -0.2) is 61.0 Å². The lowest BCUT2D eigenvalue weighted by molar-refractivity contribution is -0.128. The van der Waals surface area contributed by atoms with Gasteiger partial charge < -0.3 is 15.1 Å². The Bertz CT molecular complexity index is 231. The lowest BCUT2D eigenvalue weighted by Gasteiger charge is -2.21. The largest absolute Gasteiger partial charge is 0.342 e. The van der Waals surface area contributed by atoms with Crippen molar-refractivity contribution >= 4 is 5.91 Å². The van der Waals surface area contributed by atoms with Crippen LogP contribution in [0.25, 0.3) is 0 Å². The van der Waals surface area contributed by atoms with Crippen molar-refractivity contribution in [1.29, 1.82) is 0 Å². The number of rotatable bonds is 5. The number of hydrogen-bond donors (Lipinski definition) is 1. The van der Waals surface area contributed by atoms with Gasteiger partial charge in [0.05, 0.1) is 0 Å². The van der Waals surface area contributed by atoms with Crippen molar-refractivity contribution in [1.82, 2.24) is 15.1 Å². The standard InChI is InChI=1S/C13H27N3O/c1-12(2)14-6-4-7-15-8-5-9-16(11-10-15)13(3)17/h12,14H,4-11H2,1-3H3. The van der Waals surface area contributed by atoms with Crippen LogP contribution >= 0.6 is 0 Å². The zero-order chi connectivity index (χ0) is 12.7. The molecule has 0 aliphatic carbocycles. The third-order valence-electron chi connectivity index (χ3n) is 3.24. The Morgan fingerprint density at radius 3 is 2.65 bits per heavy atom. The van der Waals surface area contributed by atoms with Crippen LogP contribution in [0.5, 0.6) is 0 Å². The molecule has 0 aromatic rings. The molecule has 1 amide bonds. The number of hydrogen-bond acceptors (Lipinski definition) is 3. The molecule has 0 aromatic carbocycles. The molecule has 4 heteroatoms. The normalized spacial score (nSPS) is 18.5. The molecule has 4 nitrogen and oxygen atoms in total. The first-order chi connectivity index (χ1) is 8.09. The van der Waals surface area contributed by atoms with Gasteiger partial charge >= 0.3 is 0 Å². The van der Waals surface area contributed by atoms with E-state index < -0.39 is 0 Å². The quantitative estimate of drug-likeness (QED) is 0.727. The van der Waals surface area contributed by atoms with Gasteiger partial charge in [0.1, 0.15) is 0 Å². The number of carbonyl (C=O) groups is 1. The number of nitrogens with one attached hydrogen (secondary N) is 1. The highest BCUT2D eigenvalue weighted by molar-refractivity contribution is 5.73. The predicted molar refractivity (Wildman–Crippen MR) is 71.1 cm³/mol. The SMILES string of the molecule is CC(=O)N1CCCN(CCCNC(C)C)CC1. The maximum atomic E-state index is 11.3. The van der Waals surface area contributed by atoms with E-state index in [1.165, 1.54) is 6.42 Å². The Morgan fingerprint density at radius 2 is 2.00 bits per heavy atom. The third-order valence-corrected chi connectivity index (χ3v) is 3.24. The fourth-order valence-corrected chi connectivity index (χ4v) is 2.20. The van der Waals surface area contributed by atoms with E-state index in [9.17, 15) is 4.79 Å². The average molecular weight is 241 g/mol. The second kappa shape index (κ2) is 7.67. The van der Waals surface area contributed by atoms with Crippen molar-refractivity contribution in [2.75, 3.05) is 39.3 Å². The minimum atomic E-state index is 0.216. The van der Waals surface area contributed by atoms with Crippen LogP contribution in [-0.2, 0) is 4.79 Å². The zero-order valence-electron chi connectivity index (χ0n) is 11.5. The van der Waals surface area contributed by atoms with Gasteiger partial charge in [0.15, 0.2) is 0 Å². The lowest BCUT2D eigenvalue weighted by atomic mass is 10.3. The summed E-state index contributed by atoms with van der Waals surface area (Å²) in [5, 5.41) is 3.44. The van der Waals surface area contributed by atoms with Crippen molar-refractivity contribution < 1.29 is 4.79 Å². The molecule has 1 rings (SSSR count). The second-order valence-corrected chi connectivity index (χ2v) is 5.16. The maximum Gasteiger partial charge on any atom is 0.219 e. The van der Waals surface area contributed by atoms with Crippen molar-refractivity contribution in [3.8, 4) is 0 Å². The summed E-state index contributed by atoms with van der Waals surface area (Å²) in [5.41, 5.74) is 0. The lowest BCUT2D eigenvalue weighted by Crippen LogP contribution is -2.35. The summed E-state index contributed by atoms with van der Waals surface area (Å²) < 4.78 is 0. The zero-order valence-corrected chi connectivity index (χ0v) is 11.5. The van der Waals surface area contributed by atoms with E-state index in [4.69, 9.17) is 0 Å². The third kappa shape index (κ3) is 6.03. The van der Waals surface area contributed by atoms with Crippen LogP contribution in [0, 0.1) is 0 Å². The minimum absolute atomic E-state index is 0.216. The van der Waals surface area contributed by atoms with Gasteiger partial charge in [0, 0.05) is 32.6 Å². The van der Waals surface area contributed by atoms with Gasteiger partial charge in [-0.1, -0.05) is 13.8 Å². The van der Waals surface area contributed by atoms with Crippen LogP contribution in [0.1, 0.15) is 33.6 Å². The van der Waals surface area contributed by atoms with Crippen LogP contribution in [0.2, 0.25) is 0 Å². The fraction of sp³-hybridized carbons (Fsp3) is 0.923. The van der Waals surface area contributed by atoms with Crippen molar-refractivity contribution in [3.05, 3.63) is 0 Å². The Morgan fingerprint density at radius 1 is 1.24 bits per heavy atom. The molecule has 1 aliphatic rings. The van der Waals surface area contributed by atoms with Crippen LogP contribution in [0.3, 0.4) is 0 Å². The summed E-state index contributed by atoms with van der Waals surface area (Å²) in [4.78, 5) is 15.7. The van der Waals surface area contributed by atoms with E-state index in [0.29, 0.717) is 6.04 Å². The van der Waals surface area contributed by atoms with E-state index in [0.717, 1.165) is 45.7 Å². The van der Waals surface area contributed by atoms with Gasteiger partial charge in [-0.3, -0.25) is 4.79 Å². The van der Waals surface area contributed by atoms with Gasteiger partial charge in [-0.2, -0.15) is 0 Å². The molecule has 1 N–H and O–H groups in total. The van der Waals surface area contributed by atoms with Gasteiger partial charge in [-0.05, 0) is 32.5 Å². The highest BCUT2D eigenvalue weighted by atomic mass is 16.2. The first-order valence-corrected chi connectivity index (χ1v) is 6.81. The highest BCUT2D eigenvalue weighted by Crippen LogP contribution is 2.03. The summed E-state index contributed by atoms with van der Waals surface area (Å²) >= 11 is 0. The fourth-order valence-electron chi connectivity index (χ4n) is 2.20. The van der Waals surface area contributed by atoms with Gasteiger partial charge in [0.25, 0.3) is 0 Å². The molecule has 0 radical (unpaired) electrons. The molecule has 0 atom stereocenters. The summed E-state index contributed by atoms with van der Waals surface area (Å²) in [6.45, 7) is 12.2. The molecule has 0 saturated carbocycles. The molecular formula is C13H27N3O. The second-order valence-electron chi connectivity index (χ2n) is 5.16. The van der Waals surface area contributed by atoms with E-state index >= 15 is 0 Å². The number of nitrogens with zero attached hydrogens (tertiary/aromatic N) is 2. The van der Waals surface area contributed by atoms with Crippen LogP contribution in [0.15, 0.2) is 0 Å². The van der Waals surface area contributed by atoms with Crippen molar-refractivity contribution in [3.63, 3.8) is 0 Å². The molecule has 0 spiro atoms. The summed E-state index contributed by atoms with van der Waals surface area (Å²) in [6.07, 6.45) is 2.30. The minimum Gasteiger partial charge on any atom is -0.342 e. The molecule has 0 aromatic heterocycles. The van der Waals surface area contributed by atoms with Crippen molar-refractivity contribution in [2.45, 2.75) is 39.7 Å². The predicted octanol–water partition coefficient (Wildman–Crippen LogP) is 0.929. The molecule has 100 valence electrons. The van der Waals surface area contributed by atoms with Gasteiger partial charge in [0.2, 0.25) is 5.91 Å². The molecule has 1 aliphatic heterocycles. The average Bonchev–Trinajstić information content (AvgIpc) is 2.49. The van der Waals surface area contributed by atoms with E-state index in [1.807, 2.05) is 4.90 Å². The van der Waals surface area contributed by atoms with Gasteiger partial charge in [-0.15, -0.1) is 0 Å². The van der Waals surface area contributed by atoms with E-state index in [1.54, 1.807) is 6.92 Å². The number of carbonyl (C=O) groups excluding carboxylic acids is 1. The molecule has 1 saturated heterocycles. The molecular weight excluding hydrogens is 214 g/mol. The van der Waals surface area contributed by atoms with Gasteiger partial charge in [-0.25, -0.2) is 0 Å². The number of amides is 1. The Hall–Kier alpha value is -0.610. The molecule has 1 heterocycles. The molecule has 0 unspecified atom stereocenters. The summed E-state index contributed by atoms with van der Waals surface area (Å²) in [5.74, 6) is 0.216. The smallest absolute Gasteiger partial charge is 0.219 e. The van der Waals surface area contributed by atoms with E-state index in [2.05, 4.69) is 24.1 Å². The highest BCUT2D eigenvalue weighted by Gasteiger charge is 2.15. The summed E-state index contributed by atoms with van der Waals surface area (Å²) in [7, 11) is 0. The first-order valence-electron chi connectivity index (χ1n) is 6.81. The Balaban J connectivity index is 2.16. The summed E-state index contributed by atoms with van der Waals surface area (Å²) in [6, 6.07) is 0.576.